The second-order valence-corrected chi connectivity index (χ2v) is 6.25. The number of halogens is 1. The molecule has 0 aliphatic heterocycles. The third-order valence-corrected chi connectivity index (χ3v) is 4.02. The molecular weight excluding hydrogens is 368 g/mol. The Bertz CT molecular complexity index is 917. The van der Waals surface area contributed by atoms with Gasteiger partial charge >= 0.3 is 0 Å². The highest BCUT2D eigenvalue weighted by molar-refractivity contribution is 6.30. The Labute approximate surface area is 161 Å². The predicted octanol–water partition coefficient (Wildman–Crippen LogP) is 3.04. The Morgan fingerprint density at radius 1 is 1.19 bits per heavy atom. The van der Waals surface area contributed by atoms with E-state index < -0.39 is 5.91 Å². The minimum Gasteiger partial charge on any atom is -0.463 e. The van der Waals surface area contributed by atoms with Crippen molar-refractivity contribution in [2.24, 2.45) is 0 Å². The minimum absolute atomic E-state index is 0.108. The van der Waals surface area contributed by atoms with E-state index in [0.717, 1.165) is 12.1 Å². The Hall–Kier alpha value is -3.06. The van der Waals surface area contributed by atoms with Gasteiger partial charge in [0.1, 0.15) is 5.69 Å². The number of carbonyl (C=O) groups is 2. The van der Waals surface area contributed by atoms with Gasteiger partial charge in [-0.2, -0.15) is 5.10 Å². The van der Waals surface area contributed by atoms with E-state index in [1.807, 2.05) is 6.92 Å². The van der Waals surface area contributed by atoms with Gasteiger partial charge < -0.3 is 15.1 Å². The van der Waals surface area contributed by atoms with Crippen LogP contribution in [0.3, 0.4) is 0 Å². The van der Waals surface area contributed by atoms with Crippen LogP contribution in [0.1, 0.15) is 23.8 Å². The van der Waals surface area contributed by atoms with Crippen LogP contribution in [0.25, 0.3) is 17.1 Å². The minimum atomic E-state index is -0.442. The molecule has 0 radical (unpaired) electrons. The number of furan rings is 1. The molecule has 140 valence electrons. The maximum absolute atomic E-state index is 12.4. The van der Waals surface area contributed by atoms with Gasteiger partial charge in [0.05, 0.1) is 18.5 Å². The lowest BCUT2D eigenvalue weighted by Gasteiger charge is -2.06. The van der Waals surface area contributed by atoms with Crippen molar-refractivity contribution in [3.05, 3.63) is 59.4 Å². The fourth-order valence-corrected chi connectivity index (χ4v) is 2.58. The summed E-state index contributed by atoms with van der Waals surface area (Å²) in [5, 5.41) is 10.3. The lowest BCUT2D eigenvalue weighted by atomic mass is 10.2. The summed E-state index contributed by atoms with van der Waals surface area (Å²) in [6, 6.07) is 12.2. The van der Waals surface area contributed by atoms with Crippen molar-refractivity contribution in [3.63, 3.8) is 0 Å². The average Bonchev–Trinajstić information content (AvgIpc) is 3.34. The van der Waals surface area contributed by atoms with Gasteiger partial charge in [-0.1, -0.05) is 18.5 Å². The molecule has 27 heavy (non-hydrogen) atoms. The SMILES string of the molecule is CCCNC(=O)CNC(=O)c1cc(-c2ccco2)n(-c2ccc(Cl)cc2)n1. The molecule has 0 unspecified atom stereocenters. The van der Waals surface area contributed by atoms with Crippen LogP contribution in [-0.2, 0) is 4.79 Å². The van der Waals surface area contributed by atoms with Gasteiger partial charge in [-0.15, -0.1) is 0 Å². The Kier molecular flexibility index (Phi) is 5.93. The number of benzene rings is 1. The number of nitrogens with one attached hydrogen (secondary N) is 2. The predicted molar refractivity (Wildman–Crippen MR) is 102 cm³/mol. The van der Waals surface area contributed by atoms with E-state index in [9.17, 15) is 9.59 Å². The van der Waals surface area contributed by atoms with Crippen molar-refractivity contribution < 1.29 is 14.0 Å². The van der Waals surface area contributed by atoms with E-state index in [1.165, 1.54) is 0 Å². The number of aromatic nitrogens is 2. The number of hydrogen-bond donors (Lipinski definition) is 2. The molecule has 2 amide bonds. The number of rotatable bonds is 7. The summed E-state index contributed by atoms with van der Waals surface area (Å²) >= 11 is 5.95. The van der Waals surface area contributed by atoms with Gasteiger partial charge in [0.2, 0.25) is 5.91 Å². The average molecular weight is 387 g/mol. The summed E-state index contributed by atoms with van der Waals surface area (Å²) in [6.07, 6.45) is 2.38. The maximum atomic E-state index is 12.4. The molecule has 2 N–H and O–H groups in total. The molecule has 2 aromatic heterocycles. The molecule has 0 fully saturated rings. The molecule has 8 heteroatoms. The quantitative estimate of drug-likeness (QED) is 0.653. The summed E-state index contributed by atoms with van der Waals surface area (Å²) in [6.45, 7) is 2.42. The molecular formula is C19H19ClN4O3. The molecule has 0 saturated heterocycles. The van der Waals surface area contributed by atoms with Gasteiger partial charge in [-0.25, -0.2) is 4.68 Å². The zero-order valence-electron chi connectivity index (χ0n) is 14.7. The highest BCUT2D eigenvalue weighted by Gasteiger charge is 2.18. The summed E-state index contributed by atoms with van der Waals surface area (Å²) in [5.74, 6) is -0.118. The number of amides is 2. The van der Waals surface area contributed by atoms with Gasteiger partial charge in [-0.3, -0.25) is 9.59 Å². The van der Waals surface area contributed by atoms with Crippen LogP contribution in [-0.4, -0.2) is 34.7 Å². The van der Waals surface area contributed by atoms with Gasteiger partial charge in [0.15, 0.2) is 11.5 Å². The fourth-order valence-electron chi connectivity index (χ4n) is 2.45. The largest absolute Gasteiger partial charge is 0.463 e. The molecule has 0 atom stereocenters. The number of hydrogen-bond acceptors (Lipinski definition) is 4. The van der Waals surface area contributed by atoms with Crippen molar-refractivity contribution in [2.75, 3.05) is 13.1 Å². The summed E-state index contributed by atoms with van der Waals surface area (Å²) in [5.41, 5.74) is 1.52. The standard InChI is InChI=1S/C19H19ClN4O3/c1-2-9-21-18(25)12-22-19(26)15-11-16(17-4-3-10-27-17)24(23-15)14-7-5-13(20)6-8-14/h3-8,10-11H,2,9,12H2,1H3,(H,21,25)(H,22,26). The first-order valence-corrected chi connectivity index (χ1v) is 8.91. The van der Waals surface area contributed by atoms with Crippen molar-refractivity contribution in [3.8, 4) is 17.1 Å². The second kappa shape index (κ2) is 8.55. The van der Waals surface area contributed by atoms with Crippen LogP contribution >= 0.6 is 11.6 Å². The normalized spacial score (nSPS) is 10.6. The van der Waals surface area contributed by atoms with Gasteiger partial charge in [0.25, 0.3) is 5.91 Å². The molecule has 3 aromatic rings. The second-order valence-electron chi connectivity index (χ2n) is 5.81. The van der Waals surface area contributed by atoms with E-state index in [0.29, 0.717) is 23.0 Å². The first-order valence-electron chi connectivity index (χ1n) is 8.53. The van der Waals surface area contributed by atoms with Crippen LogP contribution in [0.15, 0.2) is 53.1 Å². The molecule has 0 bridgehead atoms. The zero-order chi connectivity index (χ0) is 19.2. The van der Waals surface area contributed by atoms with Crippen LogP contribution in [0, 0.1) is 0 Å². The lowest BCUT2D eigenvalue weighted by molar-refractivity contribution is -0.120. The number of nitrogens with zero attached hydrogens (tertiary/aromatic N) is 2. The first kappa shape index (κ1) is 18.7. The van der Waals surface area contributed by atoms with E-state index in [4.69, 9.17) is 16.0 Å². The van der Waals surface area contributed by atoms with Gasteiger partial charge in [-0.05, 0) is 42.8 Å². The van der Waals surface area contributed by atoms with Crippen LogP contribution in [0.4, 0.5) is 0 Å². The molecule has 2 heterocycles. The topological polar surface area (TPSA) is 89.2 Å². The molecule has 1 aromatic carbocycles. The summed E-state index contributed by atoms with van der Waals surface area (Å²) in [4.78, 5) is 24.1. The third kappa shape index (κ3) is 4.57. The molecule has 0 spiro atoms. The van der Waals surface area contributed by atoms with Crippen LogP contribution in [0.5, 0.6) is 0 Å². The highest BCUT2D eigenvalue weighted by atomic mass is 35.5. The third-order valence-electron chi connectivity index (χ3n) is 3.77. The monoisotopic (exact) mass is 386 g/mol. The highest BCUT2D eigenvalue weighted by Crippen LogP contribution is 2.25. The van der Waals surface area contributed by atoms with Crippen LogP contribution in [0.2, 0.25) is 5.02 Å². The van der Waals surface area contributed by atoms with Crippen molar-refractivity contribution >= 4 is 23.4 Å². The maximum Gasteiger partial charge on any atom is 0.272 e. The van der Waals surface area contributed by atoms with Crippen molar-refractivity contribution in [2.45, 2.75) is 13.3 Å². The van der Waals surface area contributed by atoms with E-state index >= 15 is 0 Å². The molecule has 0 aliphatic rings. The fraction of sp³-hybridized carbons (Fsp3) is 0.211. The van der Waals surface area contributed by atoms with E-state index in [1.54, 1.807) is 53.4 Å². The smallest absolute Gasteiger partial charge is 0.272 e. The van der Waals surface area contributed by atoms with Crippen molar-refractivity contribution in [1.82, 2.24) is 20.4 Å². The van der Waals surface area contributed by atoms with Crippen LogP contribution < -0.4 is 10.6 Å². The first-order chi connectivity index (χ1) is 13.1. The van der Waals surface area contributed by atoms with E-state index in [-0.39, 0.29) is 18.1 Å². The van der Waals surface area contributed by atoms with E-state index in [2.05, 4.69) is 15.7 Å². The Balaban J connectivity index is 1.84. The zero-order valence-corrected chi connectivity index (χ0v) is 15.5. The number of carbonyl (C=O) groups excluding carboxylic acids is 2. The van der Waals surface area contributed by atoms with Crippen molar-refractivity contribution in [1.29, 1.82) is 0 Å². The summed E-state index contributed by atoms with van der Waals surface area (Å²) in [7, 11) is 0. The Morgan fingerprint density at radius 3 is 2.63 bits per heavy atom. The Morgan fingerprint density at radius 2 is 1.96 bits per heavy atom. The lowest BCUT2D eigenvalue weighted by Crippen LogP contribution is -2.37. The molecule has 0 aliphatic carbocycles. The van der Waals surface area contributed by atoms with Gasteiger partial charge in [0, 0.05) is 17.6 Å². The molecule has 0 saturated carbocycles. The molecule has 7 nitrogen and oxygen atoms in total. The summed E-state index contributed by atoms with van der Waals surface area (Å²) < 4.78 is 7.06. The molecule has 3 rings (SSSR count).